The Labute approximate surface area is 123 Å². The van der Waals surface area contributed by atoms with Crippen molar-refractivity contribution in [1.82, 2.24) is 0 Å². The molecule has 0 saturated carbocycles. The molecular formula is C18H28O2. The molecule has 0 aliphatic heterocycles. The molecule has 2 nitrogen and oxygen atoms in total. The van der Waals surface area contributed by atoms with Gasteiger partial charge in [-0.15, -0.1) is 0 Å². The Hall–Kier alpha value is -1.28. The SMILES string of the molecule is C=C(C)c1ccc(OC(C)(OCCC)C(C)(C)C)cc1. The fourth-order valence-electron chi connectivity index (χ4n) is 1.73. The van der Waals surface area contributed by atoms with Gasteiger partial charge in [0.2, 0.25) is 5.79 Å². The van der Waals surface area contributed by atoms with Gasteiger partial charge in [-0.25, -0.2) is 0 Å². The minimum absolute atomic E-state index is 0.116. The number of hydrogen-bond acceptors (Lipinski definition) is 2. The topological polar surface area (TPSA) is 18.5 Å². The first-order chi connectivity index (χ1) is 9.19. The van der Waals surface area contributed by atoms with E-state index in [4.69, 9.17) is 9.47 Å². The van der Waals surface area contributed by atoms with Crippen molar-refractivity contribution in [3.63, 3.8) is 0 Å². The zero-order chi connectivity index (χ0) is 15.4. The molecule has 20 heavy (non-hydrogen) atoms. The minimum atomic E-state index is -0.645. The van der Waals surface area contributed by atoms with E-state index in [2.05, 4.69) is 34.3 Å². The molecule has 0 aliphatic rings. The lowest BCUT2D eigenvalue weighted by molar-refractivity contribution is -0.229. The molecule has 0 saturated heterocycles. The Bertz CT molecular complexity index is 439. The molecule has 0 spiro atoms. The van der Waals surface area contributed by atoms with E-state index in [-0.39, 0.29) is 5.41 Å². The van der Waals surface area contributed by atoms with Gasteiger partial charge in [-0.2, -0.15) is 0 Å². The molecule has 0 fully saturated rings. The van der Waals surface area contributed by atoms with E-state index in [9.17, 15) is 0 Å². The Morgan fingerprint density at radius 1 is 1.10 bits per heavy atom. The van der Waals surface area contributed by atoms with Crippen LogP contribution < -0.4 is 4.74 Å². The number of benzene rings is 1. The molecule has 0 aromatic heterocycles. The van der Waals surface area contributed by atoms with Crippen molar-refractivity contribution in [2.45, 2.75) is 53.8 Å². The summed E-state index contributed by atoms with van der Waals surface area (Å²) in [5, 5.41) is 0. The Morgan fingerprint density at radius 2 is 1.65 bits per heavy atom. The highest BCUT2D eigenvalue weighted by Crippen LogP contribution is 2.36. The Balaban J connectivity index is 2.92. The summed E-state index contributed by atoms with van der Waals surface area (Å²) in [6.07, 6.45) is 0.976. The third-order valence-corrected chi connectivity index (χ3v) is 3.60. The summed E-state index contributed by atoms with van der Waals surface area (Å²) < 4.78 is 12.1. The number of allylic oxidation sites excluding steroid dienone is 1. The van der Waals surface area contributed by atoms with Gasteiger partial charge in [-0.3, -0.25) is 0 Å². The first-order valence-electron chi connectivity index (χ1n) is 7.28. The lowest BCUT2D eigenvalue weighted by Crippen LogP contribution is -2.48. The number of hydrogen-bond donors (Lipinski definition) is 0. The van der Waals surface area contributed by atoms with E-state index in [1.54, 1.807) is 0 Å². The summed E-state index contributed by atoms with van der Waals surface area (Å²) in [5.41, 5.74) is 2.07. The van der Waals surface area contributed by atoms with E-state index in [1.165, 1.54) is 0 Å². The molecule has 0 bridgehead atoms. The van der Waals surface area contributed by atoms with Crippen molar-refractivity contribution in [2.75, 3.05) is 6.61 Å². The molecular weight excluding hydrogens is 248 g/mol. The van der Waals surface area contributed by atoms with Crippen molar-refractivity contribution in [3.8, 4) is 5.75 Å². The average molecular weight is 276 g/mol. The van der Waals surface area contributed by atoms with Gasteiger partial charge in [0.05, 0.1) is 6.61 Å². The smallest absolute Gasteiger partial charge is 0.212 e. The van der Waals surface area contributed by atoms with Crippen molar-refractivity contribution in [2.24, 2.45) is 5.41 Å². The Kier molecular flexibility index (Phi) is 5.41. The summed E-state index contributed by atoms with van der Waals surface area (Å²) >= 11 is 0. The van der Waals surface area contributed by atoms with E-state index in [1.807, 2.05) is 38.1 Å². The zero-order valence-electron chi connectivity index (χ0n) is 13.7. The molecule has 0 amide bonds. The molecule has 0 N–H and O–H groups in total. The molecule has 0 radical (unpaired) electrons. The van der Waals surface area contributed by atoms with Gasteiger partial charge in [-0.1, -0.05) is 52.0 Å². The van der Waals surface area contributed by atoms with Gasteiger partial charge in [0.15, 0.2) is 0 Å². The second-order valence-corrected chi connectivity index (χ2v) is 6.45. The van der Waals surface area contributed by atoms with Crippen LogP contribution in [-0.4, -0.2) is 12.4 Å². The first kappa shape index (κ1) is 16.8. The summed E-state index contributed by atoms with van der Waals surface area (Å²) in [6, 6.07) is 8.01. The largest absolute Gasteiger partial charge is 0.462 e. The summed E-state index contributed by atoms with van der Waals surface area (Å²) in [7, 11) is 0. The van der Waals surface area contributed by atoms with Crippen molar-refractivity contribution < 1.29 is 9.47 Å². The maximum Gasteiger partial charge on any atom is 0.212 e. The van der Waals surface area contributed by atoms with Gasteiger partial charge in [0.1, 0.15) is 5.75 Å². The molecule has 0 heterocycles. The first-order valence-corrected chi connectivity index (χ1v) is 7.28. The standard InChI is InChI=1S/C18H28O2/c1-8-13-19-18(7,17(4,5)6)20-16-11-9-15(10-12-16)14(2)3/h9-12H,2,8,13H2,1,3-7H3. The number of rotatable bonds is 6. The van der Waals surface area contributed by atoms with Gasteiger partial charge in [-0.05, 0) is 31.0 Å². The van der Waals surface area contributed by atoms with E-state index < -0.39 is 5.79 Å². The zero-order valence-corrected chi connectivity index (χ0v) is 13.7. The van der Waals surface area contributed by atoms with Crippen LogP contribution in [0.3, 0.4) is 0 Å². The van der Waals surface area contributed by atoms with Crippen LogP contribution >= 0.6 is 0 Å². The number of ether oxygens (including phenoxy) is 2. The fraction of sp³-hybridized carbons (Fsp3) is 0.556. The lowest BCUT2D eigenvalue weighted by Gasteiger charge is -2.41. The second-order valence-electron chi connectivity index (χ2n) is 6.45. The van der Waals surface area contributed by atoms with Crippen LogP contribution in [-0.2, 0) is 4.74 Å². The van der Waals surface area contributed by atoms with Gasteiger partial charge >= 0.3 is 0 Å². The van der Waals surface area contributed by atoms with E-state index >= 15 is 0 Å². The molecule has 0 aliphatic carbocycles. The third-order valence-electron chi connectivity index (χ3n) is 3.60. The van der Waals surface area contributed by atoms with Crippen LogP contribution in [0.5, 0.6) is 5.75 Å². The molecule has 1 unspecified atom stereocenters. The molecule has 1 rings (SSSR count). The summed E-state index contributed by atoms with van der Waals surface area (Å²) in [5.74, 6) is 0.178. The Morgan fingerprint density at radius 3 is 2.05 bits per heavy atom. The highest BCUT2D eigenvalue weighted by Gasteiger charge is 2.41. The van der Waals surface area contributed by atoms with Gasteiger partial charge in [0, 0.05) is 12.3 Å². The van der Waals surface area contributed by atoms with E-state index in [0.717, 1.165) is 23.3 Å². The fourth-order valence-corrected chi connectivity index (χ4v) is 1.73. The average Bonchev–Trinajstić information content (AvgIpc) is 2.35. The van der Waals surface area contributed by atoms with Crippen LogP contribution in [0.15, 0.2) is 30.8 Å². The molecule has 112 valence electrons. The maximum absolute atomic E-state index is 6.15. The van der Waals surface area contributed by atoms with Crippen LogP contribution in [0, 0.1) is 5.41 Å². The van der Waals surface area contributed by atoms with Crippen LogP contribution in [0.2, 0.25) is 0 Å². The molecule has 1 atom stereocenters. The lowest BCUT2D eigenvalue weighted by atomic mass is 9.86. The van der Waals surface area contributed by atoms with Crippen molar-refractivity contribution >= 4 is 5.57 Å². The summed E-state index contributed by atoms with van der Waals surface area (Å²) in [6.45, 7) is 17.1. The van der Waals surface area contributed by atoms with Crippen LogP contribution in [0.1, 0.15) is 53.5 Å². The molecule has 2 heteroatoms. The third kappa shape index (κ3) is 4.11. The van der Waals surface area contributed by atoms with Crippen molar-refractivity contribution in [3.05, 3.63) is 36.4 Å². The normalized spacial score (nSPS) is 14.7. The summed E-state index contributed by atoms with van der Waals surface area (Å²) in [4.78, 5) is 0. The van der Waals surface area contributed by atoms with E-state index in [0.29, 0.717) is 6.61 Å². The monoisotopic (exact) mass is 276 g/mol. The van der Waals surface area contributed by atoms with Crippen LogP contribution in [0.4, 0.5) is 0 Å². The highest BCUT2D eigenvalue weighted by molar-refractivity contribution is 5.61. The predicted octanol–water partition coefficient (Wildman–Crippen LogP) is 5.29. The van der Waals surface area contributed by atoms with Gasteiger partial charge < -0.3 is 9.47 Å². The maximum atomic E-state index is 6.15. The van der Waals surface area contributed by atoms with Crippen LogP contribution in [0.25, 0.3) is 5.57 Å². The minimum Gasteiger partial charge on any atom is -0.462 e. The quantitative estimate of drug-likeness (QED) is 0.657. The second kappa shape index (κ2) is 6.45. The van der Waals surface area contributed by atoms with Crippen molar-refractivity contribution in [1.29, 1.82) is 0 Å². The predicted molar refractivity (Wildman–Crippen MR) is 85.9 cm³/mol. The molecule has 1 aromatic rings. The molecule has 1 aromatic carbocycles. The van der Waals surface area contributed by atoms with Gasteiger partial charge in [0.25, 0.3) is 0 Å². The highest BCUT2D eigenvalue weighted by atomic mass is 16.7.